The number of nitrogens with two attached hydrogens (primary N) is 1. The molecule has 0 aliphatic heterocycles. The summed E-state index contributed by atoms with van der Waals surface area (Å²) in [7, 11) is 0. The van der Waals surface area contributed by atoms with E-state index in [0.29, 0.717) is 0 Å². The van der Waals surface area contributed by atoms with Gasteiger partial charge in [0.05, 0.1) is 17.1 Å². The summed E-state index contributed by atoms with van der Waals surface area (Å²) in [4.78, 5) is 11.2. The molecule has 104 valence electrons. The van der Waals surface area contributed by atoms with Gasteiger partial charge in [0.25, 0.3) is 5.91 Å². The lowest BCUT2D eigenvalue weighted by Gasteiger charge is -2.11. The third-order valence-electron chi connectivity index (χ3n) is 2.74. The number of rotatable bonds is 3. The van der Waals surface area contributed by atoms with Crippen LogP contribution in [0.3, 0.4) is 0 Å². The Kier molecular flexibility index (Phi) is 3.85. The third kappa shape index (κ3) is 2.70. The number of hydrogen-bond donors (Lipinski definition) is 2. The predicted octanol–water partition coefficient (Wildman–Crippen LogP) is 2.05. The maximum Gasteiger partial charge on any atom is 0.252 e. The second-order valence-corrected chi connectivity index (χ2v) is 4.56. The predicted molar refractivity (Wildman–Crippen MR) is 69.3 cm³/mol. The fraction of sp³-hybridized carbons (Fsp3) is 0.0769. The molecule has 0 aliphatic rings. The van der Waals surface area contributed by atoms with Gasteiger partial charge >= 0.3 is 0 Å². The quantitative estimate of drug-likeness (QED) is 0.894. The van der Waals surface area contributed by atoms with Crippen LogP contribution in [0.4, 0.5) is 8.78 Å². The molecule has 2 aromatic rings. The van der Waals surface area contributed by atoms with Gasteiger partial charge in [-0.05, 0) is 12.1 Å². The molecule has 0 fully saturated rings. The van der Waals surface area contributed by atoms with E-state index in [1.807, 2.05) is 0 Å². The Morgan fingerprint density at radius 3 is 2.75 bits per heavy atom. The zero-order chi connectivity index (χ0) is 14.9. The van der Waals surface area contributed by atoms with E-state index < -0.39 is 17.5 Å². The van der Waals surface area contributed by atoms with Gasteiger partial charge in [-0.15, -0.1) is 0 Å². The van der Waals surface area contributed by atoms with E-state index in [1.54, 1.807) is 0 Å². The largest absolute Gasteiger partial charge is 0.365 e. The molecule has 1 aromatic heterocycles. The highest BCUT2D eigenvalue weighted by Gasteiger charge is 2.12. The summed E-state index contributed by atoms with van der Waals surface area (Å²) in [5, 5.41) is 8.01. The van der Waals surface area contributed by atoms with Crippen LogP contribution in [0, 0.1) is 17.0 Å². The summed E-state index contributed by atoms with van der Waals surface area (Å²) in [6, 6.07) is 5.00. The van der Waals surface area contributed by atoms with Crippen molar-refractivity contribution in [2.45, 2.75) is 6.54 Å². The van der Waals surface area contributed by atoms with Crippen molar-refractivity contribution in [1.29, 1.82) is 5.41 Å². The Labute approximate surface area is 117 Å². The van der Waals surface area contributed by atoms with Crippen LogP contribution in [0.5, 0.6) is 0 Å². The molecule has 7 heteroatoms. The zero-order valence-electron chi connectivity index (χ0n) is 10.2. The Morgan fingerprint density at radius 1 is 1.40 bits per heavy atom. The number of carbonyl (C=O) groups is 1. The minimum absolute atomic E-state index is 0.0428. The average molecular weight is 298 g/mol. The number of benzene rings is 1. The Balaban J connectivity index is 2.52. The van der Waals surface area contributed by atoms with E-state index in [1.165, 1.54) is 29.0 Å². The van der Waals surface area contributed by atoms with Gasteiger partial charge in [0.15, 0.2) is 11.6 Å². The second-order valence-electron chi connectivity index (χ2n) is 4.13. The molecule has 0 bridgehead atoms. The lowest BCUT2D eigenvalue weighted by atomic mass is 10.2. The van der Waals surface area contributed by atoms with Crippen LogP contribution in [0.1, 0.15) is 15.9 Å². The molecule has 0 aliphatic carbocycles. The van der Waals surface area contributed by atoms with Crippen LogP contribution in [-0.4, -0.2) is 10.5 Å². The molecule has 0 spiro atoms. The van der Waals surface area contributed by atoms with Gasteiger partial charge < -0.3 is 10.3 Å². The van der Waals surface area contributed by atoms with E-state index in [0.717, 1.165) is 6.07 Å². The first-order chi connectivity index (χ1) is 9.40. The average Bonchev–Trinajstić information content (AvgIpc) is 2.38. The topological polar surface area (TPSA) is 71.9 Å². The van der Waals surface area contributed by atoms with Crippen molar-refractivity contribution in [3.8, 4) is 0 Å². The van der Waals surface area contributed by atoms with Crippen molar-refractivity contribution in [3.05, 3.63) is 63.7 Å². The third-order valence-corrected chi connectivity index (χ3v) is 2.95. The van der Waals surface area contributed by atoms with Crippen LogP contribution in [0.15, 0.2) is 30.5 Å². The SMILES string of the molecule is N=c1c(C(N)=O)cc(Cl)cn1Cc1cccc(F)c1F. The molecule has 0 radical (unpaired) electrons. The fourth-order valence-corrected chi connectivity index (χ4v) is 2.01. The molecule has 0 saturated heterocycles. The molecule has 20 heavy (non-hydrogen) atoms. The molecular weight excluding hydrogens is 288 g/mol. The van der Waals surface area contributed by atoms with E-state index in [-0.39, 0.29) is 28.2 Å². The number of pyridine rings is 1. The molecule has 0 unspecified atom stereocenters. The number of aromatic nitrogens is 1. The van der Waals surface area contributed by atoms with Gasteiger partial charge in [-0.1, -0.05) is 23.7 Å². The first-order valence-corrected chi connectivity index (χ1v) is 5.95. The van der Waals surface area contributed by atoms with E-state index in [9.17, 15) is 13.6 Å². The molecule has 1 heterocycles. The number of halogens is 3. The highest BCUT2D eigenvalue weighted by atomic mass is 35.5. The van der Waals surface area contributed by atoms with Crippen LogP contribution >= 0.6 is 11.6 Å². The summed E-state index contributed by atoms with van der Waals surface area (Å²) in [5.41, 5.74) is 4.87. The molecule has 1 amide bonds. The smallest absolute Gasteiger partial charge is 0.252 e. The van der Waals surface area contributed by atoms with Crippen LogP contribution in [-0.2, 0) is 6.54 Å². The van der Waals surface area contributed by atoms with Gasteiger partial charge in [0, 0.05) is 11.8 Å². The maximum atomic E-state index is 13.6. The number of amides is 1. The molecule has 0 atom stereocenters. The monoisotopic (exact) mass is 297 g/mol. The maximum absolute atomic E-state index is 13.6. The van der Waals surface area contributed by atoms with Crippen molar-refractivity contribution >= 4 is 17.5 Å². The minimum Gasteiger partial charge on any atom is -0.365 e. The Bertz CT molecular complexity index is 743. The first-order valence-electron chi connectivity index (χ1n) is 5.57. The Hall–Kier alpha value is -2.21. The van der Waals surface area contributed by atoms with E-state index >= 15 is 0 Å². The van der Waals surface area contributed by atoms with Crippen molar-refractivity contribution in [3.63, 3.8) is 0 Å². The summed E-state index contributed by atoms with van der Waals surface area (Å²) in [6.07, 6.45) is 1.35. The van der Waals surface area contributed by atoms with Crippen molar-refractivity contribution < 1.29 is 13.6 Å². The van der Waals surface area contributed by atoms with Crippen molar-refractivity contribution in [1.82, 2.24) is 4.57 Å². The lowest BCUT2D eigenvalue weighted by Crippen LogP contribution is -2.30. The van der Waals surface area contributed by atoms with Crippen LogP contribution in [0.2, 0.25) is 5.02 Å². The van der Waals surface area contributed by atoms with Crippen LogP contribution < -0.4 is 11.2 Å². The van der Waals surface area contributed by atoms with Gasteiger partial charge in [-0.25, -0.2) is 8.78 Å². The van der Waals surface area contributed by atoms with Crippen LogP contribution in [0.25, 0.3) is 0 Å². The lowest BCUT2D eigenvalue weighted by molar-refractivity contribution is 0.0998. The number of carbonyl (C=O) groups excluding carboxylic acids is 1. The first kappa shape index (κ1) is 14.2. The summed E-state index contributed by atoms with van der Waals surface area (Å²) >= 11 is 5.82. The normalized spacial score (nSPS) is 10.6. The molecule has 2 rings (SSSR count). The number of hydrogen-bond acceptors (Lipinski definition) is 2. The van der Waals surface area contributed by atoms with Gasteiger partial charge in [0.2, 0.25) is 0 Å². The van der Waals surface area contributed by atoms with Gasteiger partial charge in [0.1, 0.15) is 5.49 Å². The van der Waals surface area contributed by atoms with Gasteiger partial charge in [-0.3, -0.25) is 10.2 Å². The Morgan fingerprint density at radius 2 is 2.10 bits per heavy atom. The summed E-state index contributed by atoms with van der Waals surface area (Å²) in [5.74, 6) is -2.79. The zero-order valence-corrected chi connectivity index (χ0v) is 10.9. The molecule has 3 N–H and O–H groups in total. The molecule has 0 saturated carbocycles. The second kappa shape index (κ2) is 5.42. The summed E-state index contributed by atoms with van der Waals surface area (Å²) < 4.78 is 28.0. The highest BCUT2D eigenvalue weighted by molar-refractivity contribution is 6.30. The minimum atomic E-state index is -1.000. The molecule has 1 aromatic carbocycles. The molecular formula is C13H10ClF2N3O. The van der Waals surface area contributed by atoms with Crippen molar-refractivity contribution in [2.24, 2.45) is 5.73 Å². The van der Waals surface area contributed by atoms with E-state index in [2.05, 4.69) is 0 Å². The summed E-state index contributed by atoms with van der Waals surface area (Å²) in [6.45, 7) is -0.136. The fourth-order valence-electron chi connectivity index (χ4n) is 1.78. The van der Waals surface area contributed by atoms with Gasteiger partial charge in [-0.2, -0.15) is 0 Å². The highest BCUT2D eigenvalue weighted by Crippen LogP contribution is 2.14. The number of nitrogens with zero attached hydrogens (tertiary/aromatic N) is 1. The van der Waals surface area contributed by atoms with Crippen molar-refractivity contribution in [2.75, 3.05) is 0 Å². The molecule has 4 nitrogen and oxygen atoms in total. The number of primary amides is 1. The number of nitrogens with one attached hydrogen (secondary N) is 1. The standard InChI is InChI=1S/C13H10ClF2N3O/c14-8-4-9(13(18)20)12(17)19(6-8)5-7-2-1-3-10(15)11(7)16/h1-4,6,17H,5H2,(H2,18,20). The van der Waals surface area contributed by atoms with E-state index in [4.69, 9.17) is 22.7 Å².